The summed E-state index contributed by atoms with van der Waals surface area (Å²) in [5, 5.41) is 8.54. The molecule has 1 aromatic carbocycles. The standard InChI is InChI=1S/C7H5BrO2.N/c8-6-4-2-1-3-5(6)7(9)10;/h1-4H,(H,9,10);. The first-order chi connectivity index (χ1) is 4.72. The Morgan fingerprint density at radius 3 is 2.27 bits per heavy atom. The molecule has 0 spiro atoms. The Morgan fingerprint density at radius 2 is 1.91 bits per heavy atom. The van der Waals surface area contributed by atoms with E-state index in [1.807, 2.05) is 0 Å². The molecule has 3 radical (unpaired) electrons. The SMILES string of the molecule is O=C(O)c1ccccc1Br.[N]. The summed E-state index contributed by atoms with van der Waals surface area (Å²) < 4.78 is 0.613. The van der Waals surface area contributed by atoms with Crippen LogP contribution in [-0.4, -0.2) is 11.1 Å². The van der Waals surface area contributed by atoms with Gasteiger partial charge >= 0.3 is 5.97 Å². The molecule has 11 heavy (non-hydrogen) atoms. The van der Waals surface area contributed by atoms with Crippen molar-refractivity contribution in [3.05, 3.63) is 34.3 Å². The molecule has 0 aromatic heterocycles. The fourth-order valence-electron chi connectivity index (χ4n) is 0.635. The Kier molecular flexibility index (Phi) is 3.78. The molecule has 4 heteroatoms. The van der Waals surface area contributed by atoms with Gasteiger partial charge in [0.15, 0.2) is 0 Å². The molecule has 0 aliphatic rings. The Labute approximate surface area is 72.8 Å². The largest absolute Gasteiger partial charge is 0.478 e. The number of carboxylic acids is 1. The normalized spacial score (nSPS) is 8.45. The smallest absolute Gasteiger partial charge is 0.336 e. The molecule has 0 atom stereocenters. The number of rotatable bonds is 1. The molecule has 0 aliphatic carbocycles. The molecule has 3 nitrogen and oxygen atoms in total. The summed E-state index contributed by atoms with van der Waals surface area (Å²) in [4.78, 5) is 10.4. The average Bonchev–Trinajstić information content (AvgIpc) is 1.88. The molecule has 1 N–H and O–H groups in total. The molecule has 1 aromatic rings. The zero-order valence-corrected chi connectivity index (χ0v) is 7.08. The molecule has 0 unspecified atom stereocenters. The highest BCUT2D eigenvalue weighted by molar-refractivity contribution is 9.10. The second-order valence-electron chi connectivity index (χ2n) is 1.78. The van der Waals surface area contributed by atoms with Crippen LogP contribution in [0.5, 0.6) is 0 Å². The highest BCUT2D eigenvalue weighted by atomic mass is 79.9. The quantitative estimate of drug-likeness (QED) is 0.773. The van der Waals surface area contributed by atoms with Crippen molar-refractivity contribution in [2.75, 3.05) is 0 Å². The monoisotopic (exact) mass is 214 g/mol. The van der Waals surface area contributed by atoms with Crippen molar-refractivity contribution in [1.29, 1.82) is 0 Å². The number of carboxylic acid groups (broad SMARTS) is 1. The maximum atomic E-state index is 10.4. The number of halogens is 1. The molecule has 0 fully saturated rings. The van der Waals surface area contributed by atoms with Crippen molar-refractivity contribution in [3.63, 3.8) is 0 Å². The molecule has 0 heterocycles. The third kappa shape index (κ3) is 2.32. The van der Waals surface area contributed by atoms with E-state index in [4.69, 9.17) is 5.11 Å². The first-order valence-corrected chi connectivity index (χ1v) is 3.49. The lowest BCUT2D eigenvalue weighted by Crippen LogP contribution is -1.95. The highest BCUT2D eigenvalue weighted by Gasteiger charge is 2.04. The third-order valence-electron chi connectivity index (χ3n) is 1.10. The van der Waals surface area contributed by atoms with Crippen molar-refractivity contribution in [3.8, 4) is 0 Å². The van der Waals surface area contributed by atoms with Crippen LogP contribution in [0.15, 0.2) is 28.7 Å². The minimum atomic E-state index is -0.910. The van der Waals surface area contributed by atoms with Gasteiger partial charge in [0, 0.05) is 10.6 Å². The first-order valence-electron chi connectivity index (χ1n) is 2.69. The summed E-state index contributed by atoms with van der Waals surface area (Å²) in [5.74, 6) is -0.910. The van der Waals surface area contributed by atoms with E-state index in [0.29, 0.717) is 10.0 Å². The molecular formula is C7H5BrNO2. The third-order valence-corrected chi connectivity index (χ3v) is 1.80. The van der Waals surface area contributed by atoms with Crippen molar-refractivity contribution in [1.82, 2.24) is 6.15 Å². The van der Waals surface area contributed by atoms with Gasteiger partial charge in [-0.15, -0.1) is 0 Å². The lowest BCUT2D eigenvalue weighted by atomic mass is 10.2. The van der Waals surface area contributed by atoms with E-state index >= 15 is 0 Å². The van der Waals surface area contributed by atoms with Gasteiger partial charge in [-0.1, -0.05) is 12.1 Å². The van der Waals surface area contributed by atoms with E-state index in [9.17, 15) is 4.79 Å². The van der Waals surface area contributed by atoms with Gasteiger partial charge in [-0.05, 0) is 28.1 Å². The Morgan fingerprint density at radius 1 is 1.36 bits per heavy atom. The van der Waals surface area contributed by atoms with Gasteiger partial charge in [0.2, 0.25) is 0 Å². The highest BCUT2D eigenvalue weighted by Crippen LogP contribution is 2.14. The predicted molar refractivity (Wildman–Crippen MR) is 43.2 cm³/mol. The van der Waals surface area contributed by atoms with Crippen LogP contribution in [0, 0.1) is 0 Å². The lowest BCUT2D eigenvalue weighted by molar-refractivity contribution is 0.0696. The van der Waals surface area contributed by atoms with Crippen LogP contribution < -0.4 is 6.15 Å². The average molecular weight is 215 g/mol. The molecular weight excluding hydrogens is 210 g/mol. The number of benzene rings is 1. The van der Waals surface area contributed by atoms with Gasteiger partial charge in [0.1, 0.15) is 0 Å². The summed E-state index contributed by atoms with van der Waals surface area (Å²) in [6.45, 7) is 0. The molecule has 0 saturated heterocycles. The van der Waals surface area contributed by atoms with Gasteiger partial charge in [0.25, 0.3) is 0 Å². The van der Waals surface area contributed by atoms with Crippen LogP contribution >= 0.6 is 15.9 Å². The second kappa shape index (κ2) is 4.10. The van der Waals surface area contributed by atoms with Gasteiger partial charge in [-0.2, -0.15) is 0 Å². The topological polar surface area (TPSA) is 67.8 Å². The van der Waals surface area contributed by atoms with E-state index in [-0.39, 0.29) is 6.15 Å². The number of aromatic carboxylic acids is 1. The summed E-state index contributed by atoms with van der Waals surface area (Å²) in [5.41, 5.74) is 0.294. The Hall–Kier alpha value is -0.870. The number of nitrogens with zero attached hydrogens (tertiary/aromatic N) is 1. The van der Waals surface area contributed by atoms with E-state index in [0.717, 1.165) is 0 Å². The van der Waals surface area contributed by atoms with Crippen LogP contribution in [0.4, 0.5) is 0 Å². The van der Waals surface area contributed by atoms with Crippen molar-refractivity contribution >= 4 is 21.9 Å². The minimum absolute atomic E-state index is 0. The lowest BCUT2D eigenvalue weighted by Gasteiger charge is -1.94. The molecule has 0 amide bonds. The molecule has 1 rings (SSSR count). The Bertz CT molecular complexity index is 262. The van der Waals surface area contributed by atoms with Gasteiger partial charge < -0.3 is 5.11 Å². The molecule has 57 valence electrons. The fourth-order valence-corrected chi connectivity index (χ4v) is 1.09. The summed E-state index contributed by atoms with van der Waals surface area (Å²) in [7, 11) is 0. The zero-order chi connectivity index (χ0) is 7.56. The van der Waals surface area contributed by atoms with Crippen molar-refractivity contribution in [2.24, 2.45) is 0 Å². The maximum Gasteiger partial charge on any atom is 0.336 e. The number of carbonyl (C=O) groups is 1. The summed E-state index contributed by atoms with van der Waals surface area (Å²) in [6, 6.07) is 6.71. The van der Waals surface area contributed by atoms with Crippen LogP contribution in [0.3, 0.4) is 0 Å². The molecule has 0 aliphatic heterocycles. The van der Waals surface area contributed by atoms with Crippen molar-refractivity contribution < 1.29 is 9.90 Å². The van der Waals surface area contributed by atoms with Crippen molar-refractivity contribution in [2.45, 2.75) is 0 Å². The van der Waals surface area contributed by atoms with E-state index in [1.54, 1.807) is 24.3 Å². The van der Waals surface area contributed by atoms with Crippen LogP contribution in [-0.2, 0) is 0 Å². The van der Waals surface area contributed by atoms with Crippen LogP contribution in [0.1, 0.15) is 10.4 Å². The number of hydrogen-bond acceptors (Lipinski definition) is 1. The van der Waals surface area contributed by atoms with Crippen LogP contribution in [0.25, 0.3) is 0 Å². The maximum absolute atomic E-state index is 10.4. The summed E-state index contributed by atoms with van der Waals surface area (Å²) >= 11 is 3.12. The van der Waals surface area contributed by atoms with E-state index in [1.165, 1.54) is 0 Å². The Balaban J connectivity index is 0.000001000. The predicted octanol–water partition coefficient (Wildman–Crippen LogP) is 1.67. The van der Waals surface area contributed by atoms with Gasteiger partial charge in [0.05, 0.1) is 5.56 Å². The minimum Gasteiger partial charge on any atom is -0.478 e. The molecule has 0 bridgehead atoms. The molecule has 0 saturated carbocycles. The van der Waals surface area contributed by atoms with Crippen LogP contribution in [0.2, 0.25) is 0 Å². The first kappa shape index (κ1) is 10.1. The van der Waals surface area contributed by atoms with Gasteiger partial charge in [-0.3, -0.25) is 0 Å². The fraction of sp³-hybridized carbons (Fsp3) is 0. The zero-order valence-electron chi connectivity index (χ0n) is 5.49. The summed E-state index contributed by atoms with van der Waals surface area (Å²) in [6.07, 6.45) is 0. The van der Waals surface area contributed by atoms with E-state index in [2.05, 4.69) is 15.9 Å². The van der Waals surface area contributed by atoms with E-state index < -0.39 is 5.97 Å². The number of hydrogen-bond donors (Lipinski definition) is 1. The van der Waals surface area contributed by atoms with Gasteiger partial charge in [-0.25, -0.2) is 4.79 Å². The second-order valence-corrected chi connectivity index (χ2v) is 2.64.